The first-order chi connectivity index (χ1) is 5.83. The first kappa shape index (κ1) is 8.12. The van der Waals surface area contributed by atoms with Crippen LogP contribution in [0.15, 0.2) is 24.3 Å². The van der Waals surface area contributed by atoms with E-state index >= 15 is 0 Å². The van der Waals surface area contributed by atoms with Crippen molar-refractivity contribution in [2.75, 3.05) is 0 Å². The lowest BCUT2D eigenvalue weighted by molar-refractivity contribution is 0.817. The van der Waals surface area contributed by atoms with Gasteiger partial charge in [0.25, 0.3) is 0 Å². The van der Waals surface area contributed by atoms with Gasteiger partial charge in [0.1, 0.15) is 0 Å². The van der Waals surface area contributed by atoms with Gasteiger partial charge in [-0.2, -0.15) is 0 Å². The second kappa shape index (κ2) is 3.10. The summed E-state index contributed by atoms with van der Waals surface area (Å²) in [5, 5.41) is 0.915. The van der Waals surface area contributed by atoms with E-state index in [1.165, 1.54) is 12.0 Å². The van der Waals surface area contributed by atoms with Crippen LogP contribution in [0.3, 0.4) is 0 Å². The van der Waals surface area contributed by atoms with E-state index in [0.29, 0.717) is 5.92 Å². The van der Waals surface area contributed by atoms with Gasteiger partial charge in [-0.25, -0.2) is 0 Å². The lowest BCUT2D eigenvalue weighted by Crippen LogP contribution is -1.83. The van der Waals surface area contributed by atoms with E-state index in [4.69, 9.17) is 11.6 Å². The van der Waals surface area contributed by atoms with Gasteiger partial charge in [-0.1, -0.05) is 36.7 Å². The average Bonchev–Trinajstić information content (AvgIpc) is 2.84. The Morgan fingerprint density at radius 2 is 2.17 bits per heavy atom. The van der Waals surface area contributed by atoms with E-state index in [9.17, 15) is 0 Å². The zero-order valence-electron chi connectivity index (χ0n) is 6.96. The molecule has 1 heteroatoms. The fourth-order valence-electron chi connectivity index (χ4n) is 1.72. The Morgan fingerprint density at radius 3 is 2.75 bits per heavy atom. The van der Waals surface area contributed by atoms with Crippen LogP contribution in [0.25, 0.3) is 0 Å². The van der Waals surface area contributed by atoms with E-state index in [-0.39, 0.29) is 0 Å². The number of rotatable bonds is 2. The summed E-state index contributed by atoms with van der Waals surface area (Å²) in [6, 6.07) is 8.13. The number of halogens is 1. The van der Waals surface area contributed by atoms with Gasteiger partial charge < -0.3 is 0 Å². The molecule has 0 nitrogen and oxygen atoms in total. The standard InChI is InChI=1S/C11H12Cl/c1-2-8-7-10(8)9-5-3-4-6-11(9)12/h3-6,8,10H,1-2,7H2. The smallest absolute Gasteiger partial charge is 0.0440 e. The van der Waals surface area contributed by atoms with Gasteiger partial charge in [0.2, 0.25) is 0 Å². The van der Waals surface area contributed by atoms with Crippen molar-refractivity contribution in [1.29, 1.82) is 0 Å². The van der Waals surface area contributed by atoms with Crippen LogP contribution in [0.2, 0.25) is 5.02 Å². The van der Waals surface area contributed by atoms with Crippen LogP contribution in [0.4, 0.5) is 0 Å². The SMILES string of the molecule is [CH2]CC1CC1c1ccccc1Cl. The lowest BCUT2D eigenvalue weighted by Gasteiger charge is -2.00. The van der Waals surface area contributed by atoms with Crippen molar-refractivity contribution in [3.05, 3.63) is 41.8 Å². The minimum Gasteiger partial charge on any atom is -0.0840 e. The Labute approximate surface area is 78.6 Å². The quantitative estimate of drug-likeness (QED) is 0.650. The fourth-order valence-corrected chi connectivity index (χ4v) is 2.00. The summed E-state index contributed by atoms with van der Waals surface area (Å²) in [7, 11) is 0. The summed E-state index contributed by atoms with van der Waals surface area (Å²) in [5.41, 5.74) is 1.31. The zero-order chi connectivity index (χ0) is 8.55. The molecule has 12 heavy (non-hydrogen) atoms. The number of hydrogen-bond acceptors (Lipinski definition) is 0. The third-order valence-electron chi connectivity index (χ3n) is 2.60. The van der Waals surface area contributed by atoms with Crippen molar-refractivity contribution < 1.29 is 0 Å². The Kier molecular flexibility index (Phi) is 2.10. The van der Waals surface area contributed by atoms with Gasteiger partial charge in [0.15, 0.2) is 0 Å². The first-order valence-electron chi connectivity index (χ1n) is 4.36. The molecule has 0 heterocycles. The predicted octanol–water partition coefficient (Wildman–Crippen LogP) is 3.67. The highest BCUT2D eigenvalue weighted by Gasteiger charge is 2.37. The Balaban J connectivity index is 2.19. The van der Waals surface area contributed by atoms with Crippen molar-refractivity contribution >= 4 is 11.6 Å². The highest BCUT2D eigenvalue weighted by atomic mass is 35.5. The van der Waals surface area contributed by atoms with Crippen LogP contribution in [0.5, 0.6) is 0 Å². The fraction of sp³-hybridized carbons (Fsp3) is 0.364. The molecule has 1 aromatic carbocycles. The first-order valence-corrected chi connectivity index (χ1v) is 4.74. The molecule has 0 aliphatic heterocycles. The Hall–Kier alpha value is -0.490. The summed E-state index contributed by atoms with van der Waals surface area (Å²) >= 11 is 6.06. The lowest BCUT2D eigenvalue weighted by atomic mass is 10.1. The Bertz CT molecular complexity index is 280. The maximum atomic E-state index is 6.06. The molecule has 1 saturated carbocycles. The molecule has 2 unspecified atom stereocenters. The van der Waals surface area contributed by atoms with Crippen molar-refractivity contribution in [3.63, 3.8) is 0 Å². The van der Waals surface area contributed by atoms with Crippen LogP contribution in [-0.4, -0.2) is 0 Å². The molecule has 0 aromatic heterocycles. The van der Waals surface area contributed by atoms with Crippen molar-refractivity contribution in [3.8, 4) is 0 Å². The molecule has 0 amide bonds. The van der Waals surface area contributed by atoms with E-state index in [1.54, 1.807) is 0 Å². The highest BCUT2D eigenvalue weighted by Crippen LogP contribution is 2.50. The molecule has 0 saturated heterocycles. The third-order valence-corrected chi connectivity index (χ3v) is 2.94. The molecule has 2 rings (SSSR count). The van der Waals surface area contributed by atoms with E-state index in [1.807, 2.05) is 12.1 Å². The van der Waals surface area contributed by atoms with Gasteiger partial charge in [0, 0.05) is 5.02 Å². The second-order valence-electron chi connectivity index (χ2n) is 3.41. The highest BCUT2D eigenvalue weighted by molar-refractivity contribution is 6.31. The topological polar surface area (TPSA) is 0 Å². The molecule has 1 aliphatic rings. The monoisotopic (exact) mass is 179 g/mol. The van der Waals surface area contributed by atoms with Gasteiger partial charge in [-0.3, -0.25) is 0 Å². The summed E-state index contributed by atoms with van der Waals surface area (Å²) in [6.07, 6.45) is 2.31. The van der Waals surface area contributed by atoms with Crippen molar-refractivity contribution in [1.82, 2.24) is 0 Å². The molecule has 0 bridgehead atoms. The minimum absolute atomic E-state index is 0.691. The predicted molar refractivity (Wildman–Crippen MR) is 52.3 cm³/mol. The molecule has 1 aliphatic carbocycles. The average molecular weight is 180 g/mol. The van der Waals surface area contributed by atoms with E-state index in [0.717, 1.165) is 17.4 Å². The molecular formula is C11H12Cl. The zero-order valence-corrected chi connectivity index (χ0v) is 7.72. The molecule has 1 fully saturated rings. The summed E-state index contributed by atoms with van der Waals surface area (Å²) in [4.78, 5) is 0. The van der Waals surface area contributed by atoms with Crippen molar-refractivity contribution in [2.24, 2.45) is 5.92 Å². The molecule has 0 spiro atoms. The number of benzene rings is 1. The second-order valence-corrected chi connectivity index (χ2v) is 3.82. The summed E-state index contributed by atoms with van der Waals surface area (Å²) < 4.78 is 0. The van der Waals surface area contributed by atoms with Crippen LogP contribution < -0.4 is 0 Å². The summed E-state index contributed by atoms with van der Waals surface area (Å²) in [6.45, 7) is 3.91. The van der Waals surface area contributed by atoms with E-state index in [2.05, 4.69) is 19.1 Å². The van der Waals surface area contributed by atoms with Gasteiger partial charge >= 0.3 is 0 Å². The molecule has 2 atom stereocenters. The van der Waals surface area contributed by atoms with Crippen molar-refractivity contribution in [2.45, 2.75) is 18.8 Å². The summed E-state index contributed by atoms with van der Waals surface area (Å²) in [5.74, 6) is 1.47. The Morgan fingerprint density at radius 1 is 1.42 bits per heavy atom. The molecule has 0 N–H and O–H groups in total. The third kappa shape index (κ3) is 1.36. The van der Waals surface area contributed by atoms with Crippen LogP contribution in [0.1, 0.15) is 24.3 Å². The number of hydrogen-bond donors (Lipinski definition) is 0. The largest absolute Gasteiger partial charge is 0.0840 e. The van der Waals surface area contributed by atoms with Gasteiger partial charge in [-0.15, -0.1) is 0 Å². The van der Waals surface area contributed by atoms with Crippen LogP contribution >= 0.6 is 11.6 Å². The molecule has 63 valence electrons. The molecule has 1 aromatic rings. The maximum absolute atomic E-state index is 6.06. The maximum Gasteiger partial charge on any atom is 0.0440 e. The van der Waals surface area contributed by atoms with Crippen LogP contribution in [0, 0.1) is 12.8 Å². The molecule has 1 radical (unpaired) electrons. The van der Waals surface area contributed by atoms with E-state index < -0.39 is 0 Å². The van der Waals surface area contributed by atoms with Crippen LogP contribution in [-0.2, 0) is 0 Å². The van der Waals surface area contributed by atoms with Gasteiger partial charge in [-0.05, 0) is 36.3 Å². The normalized spacial score (nSPS) is 27.2. The van der Waals surface area contributed by atoms with Gasteiger partial charge in [0.05, 0.1) is 0 Å². The molecular weight excluding hydrogens is 168 g/mol. The minimum atomic E-state index is 0.691.